The molecule has 0 radical (unpaired) electrons. The molecule has 0 fully saturated rings. The molecule has 0 saturated heterocycles. The van der Waals surface area contributed by atoms with Gasteiger partial charge in [-0.25, -0.2) is 0 Å². The van der Waals surface area contributed by atoms with Crippen molar-refractivity contribution in [1.82, 2.24) is 0 Å². The minimum Gasteiger partial charge on any atom is -0.469 e. The molecule has 6 heteroatoms. The molecule has 0 saturated carbocycles. The first-order chi connectivity index (χ1) is 13.3. The number of carbonyl (C=O) groups is 1. The highest BCUT2D eigenvalue weighted by atomic mass is 79.9. The standard InChI is InChI=1S/C23H26BrF3O2/c1-14(21(28)29-5)16-8-11-18(20(24)13-22(2,3)4)19(12-16)15-6-9-17(10-7-15)23(25,26)27/h6-12,14,20H,13H2,1-5H3. The minimum atomic E-state index is -4.38. The number of esters is 1. The van der Waals surface area contributed by atoms with Gasteiger partial charge in [0.05, 0.1) is 18.6 Å². The fraction of sp³-hybridized carbons (Fsp3) is 0.435. The third-order valence-electron chi connectivity index (χ3n) is 4.78. The van der Waals surface area contributed by atoms with E-state index in [9.17, 15) is 18.0 Å². The van der Waals surface area contributed by atoms with Crippen molar-refractivity contribution in [1.29, 1.82) is 0 Å². The Kier molecular flexibility index (Phi) is 7.20. The van der Waals surface area contributed by atoms with Gasteiger partial charge in [0.15, 0.2) is 0 Å². The molecule has 0 aliphatic carbocycles. The molecule has 2 nitrogen and oxygen atoms in total. The van der Waals surface area contributed by atoms with E-state index in [4.69, 9.17) is 4.74 Å². The molecule has 0 heterocycles. The van der Waals surface area contributed by atoms with Gasteiger partial charge in [-0.1, -0.05) is 61.0 Å². The van der Waals surface area contributed by atoms with Gasteiger partial charge in [-0.05, 0) is 59.2 Å². The van der Waals surface area contributed by atoms with Crippen LogP contribution in [0, 0.1) is 5.41 Å². The van der Waals surface area contributed by atoms with Crippen LogP contribution in [0.1, 0.15) is 61.6 Å². The summed E-state index contributed by atoms with van der Waals surface area (Å²) in [4.78, 5) is 12.0. The van der Waals surface area contributed by atoms with E-state index >= 15 is 0 Å². The van der Waals surface area contributed by atoms with Crippen molar-refractivity contribution in [2.24, 2.45) is 5.41 Å². The van der Waals surface area contributed by atoms with Crippen molar-refractivity contribution < 1.29 is 22.7 Å². The second-order valence-electron chi connectivity index (χ2n) is 8.40. The molecule has 29 heavy (non-hydrogen) atoms. The van der Waals surface area contributed by atoms with Crippen LogP contribution in [0.25, 0.3) is 11.1 Å². The lowest BCUT2D eigenvalue weighted by molar-refractivity contribution is -0.142. The van der Waals surface area contributed by atoms with Crippen LogP contribution >= 0.6 is 15.9 Å². The molecule has 2 rings (SSSR count). The number of carbonyl (C=O) groups excluding carboxylic acids is 1. The Morgan fingerprint density at radius 1 is 1.07 bits per heavy atom. The Morgan fingerprint density at radius 3 is 2.14 bits per heavy atom. The van der Waals surface area contributed by atoms with Crippen LogP contribution in [0.15, 0.2) is 42.5 Å². The summed E-state index contributed by atoms with van der Waals surface area (Å²) in [6, 6.07) is 10.8. The van der Waals surface area contributed by atoms with E-state index in [1.54, 1.807) is 6.92 Å². The number of benzene rings is 2. The average Bonchev–Trinajstić information content (AvgIpc) is 2.64. The van der Waals surface area contributed by atoms with E-state index < -0.39 is 17.7 Å². The molecule has 0 aliphatic heterocycles. The Bertz CT molecular complexity index is 852. The van der Waals surface area contributed by atoms with E-state index in [1.165, 1.54) is 19.2 Å². The molecule has 0 spiro atoms. The first-order valence-electron chi connectivity index (χ1n) is 9.37. The molecule has 2 aromatic carbocycles. The molecular formula is C23H26BrF3O2. The van der Waals surface area contributed by atoms with Crippen LogP contribution in [-0.4, -0.2) is 13.1 Å². The number of halogens is 4. The number of rotatable bonds is 5. The molecule has 158 valence electrons. The van der Waals surface area contributed by atoms with E-state index in [1.807, 2.05) is 18.2 Å². The average molecular weight is 471 g/mol. The van der Waals surface area contributed by atoms with Crippen LogP contribution in [-0.2, 0) is 15.7 Å². The molecule has 0 amide bonds. The molecule has 0 aliphatic rings. The fourth-order valence-electron chi connectivity index (χ4n) is 3.17. The lowest BCUT2D eigenvalue weighted by Crippen LogP contribution is -2.12. The van der Waals surface area contributed by atoms with Gasteiger partial charge in [0, 0.05) is 4.83 Å². The van der Waals surface area contributed by atoms with Crippen LogP contribution in [0.4, 0.5) is 13.2 Å². The highest BCUT2D eigenvalue weighted by molar-refractivity contribution is 9.09. The van der Waals surface area contributed by atoms with Crippen LogP contribution in [0.2, 0.25) is 0 Å². The zero-order valence-corrected chi connectivity index (χ0v) is 18.8. The van der Waals surface area contributed by atoms with E-state index in [0.717, 1.165) is 35.2 Å². The normalized spacial score (nSPS) is 14.4. The zero-order chi connectivity index (χ0) is 22.0. The molecule has 0 aromatic heterocycles. The van der Waals surface area contributed by atoms with Crippen LogP contribution < -0.4 is 0 Å². The van der Waals surface area contributed by atoms with Crippen molar-refractivity contribution in [3.63, 3.8) is 0 Å². The first-order valence-corrected chi connectivity index (χ1v) is 10.3. The Balaban J connectivity index is 2.56. The fourth-order valence-corrected chi connectivity index (χ4v) is 4.54. The summed E-state index contributed by atoms with van der Waals surface area (Å²) in [6.45, 7) is 8.14. The summed E-state index contributed by atoms with van der Waals surface area (Å²) < 4.78 is 43.7. The smallest absolute Gasteiger partial charge is 0.416 e. The Labute approximate surface area is 178 Å². The maximum Gasteiger partial charge on any atom is 0.416 e. The van der Waals surface area contributed by atoms with Gasteiger partial charge in [-0.2, -0.15) is 13.2 Å². The Morgan fingerprint density at radius 2 is 1.66 bits per heavy atom. The van der Waals surface area contributed by atoms with Crippen molar-refractivity contribution in [2.45, 2.75) is 51.0 Å². The number of ether oxygens (including phenoxy) is 1. The molecule has 0 bridgehead atoms. The summed E-state index contributed by atoms with van der Waals surface area (Å²) >= 11 is 3.75. The van der Waals surface area contributed by atoms with E-state index in [-0.39, 0.29) is 16.2 Å². The van der Waals surface area contributed by atoms with Crippen LogP contribution in [0.3, 0.4) is 0 Å². The second-order valence-corrected chi connectivity index (χ2v) is 9.50. The lowest BCUT2D eigenvalue weighted by atomic mass is 9.85. The predicted octanol–water partition coefficient (Wildman–Crippen LogP) is 7.52. The maximum atomic E-state index is 13.0. The van der Waals surface area contributed by atoms with Gasteiger partial charge in [0.2, 0.25) is 0 Å². The van der Waals surface area contributed by atoms with Gasteiger partial charge >= 0.3 is 12.1 Å². The van der Waals surface area contributed by atoms with Crippen LogP contribution in [0.5, 0.6) is 0 Å². The largest absolute Gasteiger partial charge is 0.469 e. The van der Waals surface area contributed by atoms with Crippen molar-refractivity contribution in [3.8, 4) is 11.1 Å². The topological polar surface area (TPSA) is 26.3 Å². The van der Waals surface area contributed by atoms with Gasteiger partial charge < -0.3 is 4.74 Å². The van der Waals surface area contributed by atoms with Crippen molar-refractivity contribution in [2.75, 3.05) is 7.11 Å². The number of hydrogen-bond donors (Lipinski definition) is 0. The summed E-state index contributed by atoms with van der Waals surface area (Å²) in [5.74, 6) is -0.833. The molecule has 2 aromatic rings. The van der Waals surface area contributed by atoms with Crippen molar-refractivity contribution >= 4 is 21.9 Å². The monoisotopic (exact) mass is 470 g/mol. The molecular weight excluding hydrogens is 445 g/mol. The highest BCUT2D eigenvalue weighted by Crippen LogP contribution is 2.41. The number of alkyl halides is 4. The number of hydrogen-bond acceptors (Lipinski definition) is 2. The highest BCUT2D eigenvalue weighted by Gasteiger charge is 2.30. The molecule has 0 N–H and O–H groups in total. The maximum absolute atomic E-state index is 13.0. The molecule has 2 unspecified atom stereocenters. The van der Waals surface area contributed by atoms with Gasteiger partial charge in [-0.3, -0.25) is 4.79 Å². The van der Waals surface area contributed by atoms with Gasteiger partial charge in [-0.15, -0.1) is 0 Å². The third kappa shape index (κ3) is 6.08. The summed E-state index contributed by atoms with van der Waals surface area (Å²) in [5, 5.41) is 0. The SMILES string of the molecule is COC(=O)C(C)c1ccc(C(Br)CC(C)(C)C)c(-c2ccc(C(F)(F)F)cc2)c1. The second kappa shape index (κ2) is 8.90. The predicted molar refractivity (Wildman–Crippen MR) is 113 cm³/mol. The van der Waals surface area contributed by atoms with Gasteiger partial charge in [0.25, 0.3) is 0 Å². The third-order valence-corrected chi connectivity index (χ3v) is 5.60. The van der Waals surface area contributed by atoms with Crippen molar-refractivity contribution in [3.05, 3.63) is 59.2 Å². The quantitative estimate of drug-likeness (QED) is 0.333. The minimum absolute atomic E-state index is 0.0160. The van der Waals surface area contributed by atoms with Gasteiger partial charge in [0.1, 0.15) is 0 Å². The Hall–Kier alpha value is -1.82. The first kappa shape index (κ1) is 23.5. The lowest BCUT2D eigenvalue weighted by Gasteiger charge is -2.25. The summed E-state index contributed by atoms with van der Waals surface area (Å²) in [7, 11) is 1.34. The van der Waals surface area contributed by atoms with E-state index in [2.05, 4.69) is 36.7 Å². The van der Waals surface area contributed by atoms with E-state index in [0.29, 0.717) is 5.56 Å². The molecule has 2 atom stereocenters. The zero-order valence-electron chi connectivity index (χ0n) is 17.2. The summed E-state index contributed by atoms with van der Waals surface area (Å²) in [6.07, 6.45) is -3.54. The number of methoxy groups -OCH3 is 1. The summed E-state index contributed by atoms with van der Waals surface area (Å²) in [5.41, 5.74) is 2.57.